The largest absolute Gasteiger partial charge is 0.335 e. The van der Waals surface area contributed by atoms with Crippen LogP contribution in [0, 0.1) is 0 Å². The molecule has 4 amide bonds. The van der Waals surface area contributed by atoms with Gasteiger partial charge < -0.3 is 0 Å². The van der Waals surface area contributed by atoms with Crippen molar-refractivity contribution < 1.29 is 14.4 Å². The first-order valence-electron chi connectivity index (χ1n) is 6.89. The molecule has 0 aromatic heterocycles. The second-order valence-corrected chi connectivity index (χ2v) is 5.80. The van der Waals surface area contributed by atoms with Crippen LogP contribution in [0.25, 0.3) is 6.08 Å². The van der Waals surface area contributed by atoms with Gasteiger partial charge in [0.2, 0.25) is 0 Å². The van der Waals surface area contributed by atoms with Crippen molar-refractivity contribution in [1.29, 1.82) is 0 Å². The summed E-state index contributed by atoms with van der Waals surface area (Å²) in [6, 6.07) is 12.1. The number of hydrogen-bond acceptors (Lipinski definition) is 3. The number of nitrogens with zero attached hydrogens (tertiary/aromatic N) is 1. The van der Waals surface area contributed by atoms with E-state index in [1.54, 1.807) is 36.4 Å². The van der Waals surface area contributed by atoms with Crippen molar-refractivity contribution in [3.8, 4) is 0 Å². The molecule has 0 aliphatic carbocycles. The number of carbonyl (C=O) groups is 3. The van der Waals surface area contributed by atoms with E-state index >= 15 is 0 Å². The van der Waals surface area contributed by atoms with Crippen LogP contribution < -0.4 is 10.2 Å². The topological polar surface area (TPSA) is 66.5 Å². The lowest BCUT2D eigenvalue weighted by Crippen LogP contribution is -2.54. The summed E-state index contributed by atoms with van der Waals surface area (Å²) in [6.45, 7) is 0. The summed E-state index contributed by atoms with van der Waals surface area (Å²) in [5, 5.41) is 3.00. The molecule has 0 saturated carbocycles. The molecule has 3 rings (SSSR count). The number of nitrogens with one attached hydrogen (secondary N) is 1. The van der Waals surface area contributed by atoms with Crippen LogP contribution in [-0.4, -0.2) is 17.8 Å². The van der Waals surface area contributed by atoms with Gasteiger partial charge in [-0.1, -0.05) is 41.4 Å². The van der Waals surface area contributed by atoms with Gasteiger partial charge in [0.25, 0.3) is 11.8 Å². The van der Waals surface area contributed by atoms with E-state index in [4.69, 9.17) is 23.2 Å². The molecule has 7 heteroatoms. The first kappa shape index (κ1) is 16.2. The van der Waals surface area contributed by atoms with E-state index in [9.17, 15) is 14.4 Å². The number of imide groups is 2. The van der Waals surface area contributed by atoms with Crippen molar-refractivity contribution in [3.05, 3.63) is 69.7 Å². The molecule has 1 aliphatic rings. The Morgan fingerprint density at radius 1 is 0.917 bits per heavy atom. The van der Waals surface area contributed by atoms with Gasteiger partial charge in [-0.3, -0.25) is 14.9 Å². The molecule has 1 aliphatic heterocycles. The smallest absolute Gasteiger partial charge is 0.273 e. The minimum absolute atomic E-state index is 0.183. The van der Waals surface area contributed by atoms with Gasteiger partial charge in [-0.15, -0.1) is 0 Å². The third-order valence-electron chi connectivity index (χ3n) is 3.39. The molecule has 5 nitrogen and oxygen atoms in total. The van der Waals surface area contributed by atoms with Crippen LogP contribution in [0.3, 0.4) is 0 Å². The molecule has 1 saturated heterocycles. The Bertz CT molecular complexity index is 876. The average Bonchev–Trinajstić information content (AvgIpc) is 2.54. The molecule has 0 bridgehead atoms. The highest BCUT2D eigenvalue weighted by molar-refractivity contribution is 6.40. The molecule has 1 heterocycles. The lowest BCUT2D eigenvalue weighted by molar-refractivity contribution is -0.122. The summed E-state index contributed by atoms with van der Waals surface area (Å²) < 4.78 is 0. The maximum atomic E-state index is 12.6. The van der Waals surface area contributed by atoms with Gasteiger partial charge in [-0.25, -0.2) is 9.69 Å². The Morgan fingerprint density at radius 3 is 2.25 bits per heavy atom. The molecule has 0 atom stereocenters. The number of hydrogen-bond donors (Lipinski definition) is 1. The third-order valence-corrected chi connectivity index (χ3v) is 3.99. The van der Waals surface area contributed by atoms with Crippen LogP contribution in [0.15, 0.2) is 54.1 Å². The van der Waals surface area contributed by atoms with Gasteiger partial charge in [-0.2, -0.15) is 0 Å². The highest BCUT2D eigenvalue weighted by atomic mass is 35.5. The molecule has 1 N–H and O–H groups in total. The molecule has 120 valence electrons. The van der Waals surface area contributed by atoms with Crippen LogP contribution in [0.4, 0.5) is 10.5 Å². The van der Waals surface area contributed by atoms with Crippen LogP contribution in [0.5, 0.6) is 0 Å². The van der Waals surface area contributed by atoms with Crippen LogP contribution in [0.1, 0.15) is 5.56 Å². The molecular formula is C17H10Cl2N2O3. The Morgan fingerprint density at radius 2 is 1.58 bits per heavy atom. The maximum Gasteiger partial charge on any atom is 0.335 e. The normalized spacial score (nSPS) is 16.5. The molecule has 1 fully saturated rings. The van der Waals surface area contributed by atoms with Crippen LogP contribution >= 0.6 is 23.2 Å². The number of rotatable bonds is 2. The zero-order valence-electron chi connectivity index (χ0n) is 12.1. The first-order valence-corrected chi connectivity index (χ1v) is 7.64. The van der Waals surface area contributed by atoms with Crippen molar-refractivity contribution in [2.45, 2.75) is 0 Å². The first-order chi connectivity index (χ1) is 11.5. The van der Waals surface area contributed by atoms with Gasteiger partial charge >= 0.3 is 6.03 Å². The zero-order valence-corrected chi connectivity index (χ0v) is 13.6. The Hall–Kier alpha value is -2.63. The van der Waals surface area contributed by atoms with Crippen molar-refractivity contribution in [1.82, 2.24) is 5.32 Å². The molecule has 0 unspecified atom stereocenters. The van der Waals surface area contributed by atoms with Gasteiger partial charge in [0.1, 0.15) is 5.57 Å². The molecule has 24 heavy (non-hydrogen) atoms. The van der Waals surface area contributed by atoms with E-state index in [1.807, 2.05) is 0 Å². The number of urea groups is 1. The number of carbonyl (C=O) groups excluding carboxylic acids is 3. The number of benzene rings is 2. The number of anilines is 1. The second-order valence-electron chi connectivity index (χ2n) is 4.96. The zero-order chi connectivity index (χ0) is 17.3. The fraction of sp³-hybridized carbons (Fsp3) is 0. The fourth-order valence-corrected chi connectivity index (χ4v) is 2.55. The Labute approximate surface area is 147 Å². The summed E-state index contributed by atoms with van der Waals surface area (Å²) in [5.41, 5.74) is 0.625. The molecule has 2 aromatic rings. The predicted octanol–water partition coefficient (Wildman–Crippen LogP) is 3.66. The van der Waals surface area contributed by atoms with E-state index in [0.717, 1.165) is 4.90 Å². The number of halogens is 2. The van der Waals surface area contributed by atoms with Gasteiger partial charge in [-0.05, 0) is 42.0 Å². The summed E-state index contributed by atoms with van der Waals surface area (Å²) in [6.07, 6.45) is 1.36. The molecule has 0 radical (unpaired) electrons. The second kappa shape index (κ2) is 6.47. The summed E-state index contributed by atoms with van der Waals surface area (Å²) >= 11 is 11.9. The third kappa shape index (κ3) is 3.04. The predicted molar refractivity (Wildman–Crippen MR) is 91.9 cm³/mol. The highest BCUT2D eigenvalue weighted by Gasteiger charge is 2.36. The molecule has 0 spiro atoms. The maximum absolute atomic E-state index is 12.6. The summed E-state index contributed by atoms with van der Waals surface area (Å²) in [7, 11) is 0. The van der Waals surface area contributed by atoms with Crippen molar-refractivity contribution in [2.24, 2.45) is 0 Å². The van der Waals surface area contributed by atoms with Gasteiger partial charge in [0.15, 0.2) is 0 Å². The average molecular weight is 361 g/mol. The van der Waals surface area contributed by atoms with E-state index in [-0.39, 0.29) is 5.57 Å². The standard InChI is InChI=1S/C17H10Cl2N2O3/c18-11-5-7-12(8-6-11)21-16(23)13(15(22)20-17(21)24)9-10-3-1-2-4-14(10)19/h1-9H,(H,20,22,24)/b13-9-. The minimum Gasteiger partial charge on any atom is -0.273 e. The summed E-state index contributed by atoms with van der Waals surface area (Å²) in [5.74, 6) is -1.50. The molecule has 2 aromatic carbocycles. The summed E-state index contributed by atoms with van der Waals surface area (Å²) in [4.78, 5) is 37.6. The van der Waals surface area contributed by atoms with E-state index in [0.29, 0.717) is 21.3 Å². The Kier molecular flexibility index (Phi) is 4.38. The van der Waals surface area contributed by atoms with E-state index < -0.39 is 17.8 Å². The number of amides is 4. The monoisotopic (exact) mass is 360 g/mol. The van der Waals surface area contributed by atoms with Crippen LogP contribution in [-0.2, 0) is 9.59 Å². The quantitative estimate of drug-likeness (QED) is 0.656. The van der Waals surface area contributed by atoms with E-state index in [2.05, 4.69) is 5.32 Å². The van der Waals surface area contributed by atoms with Gasteiger partial charge in [0.05, 0.1) is 5.69 Å². The lowest BCUT2D eigenvalue weighted by Gasteiger charge is -2.26. The van der Waals surface area contributed by atoms with E-state index in [1.165, 1.54) is 18.2 Å². The minimum atomic E-state index is -0.816. The number of barbiturate groups is 1. The lowest BCUT2D eigenvalue weighted by atomic mass is 10.1. The van der Waals surface area contributed by atoms with Gasteiger partial charge in [0, 0.05) is 10.0 Å². The van der Waals surface area contributed by atoms with Crippen molar-refractivity contribution in [2.75, 3.05) is 4.90 Å². The SMILES string of the molecule is O=C1NC(=O)N(c2ccc(Cl)cc2)C(=O)/C1=C\c1ccccc1Cl. The fourth-order valence-electron chi connectivity index (χ4n) is 2.23. The van der Waals surface area contributed by atoms with Crippen LogP contribution in [0.2, 0.25) is 10.0 Å². The van der Waals surface area contributed by atoms with Crippen molar-refractivity contribution in [3.63, 3.8) is 0 Å². The van der Waals surface area contributed by atoms with Crippen molar-refractivity contribution >= 4 is 52.8 Å². The molecular weight excluding hydrogens is 351 g/mol. The Balaban J connectivity index is 2.03. The highest BCUT2D eigenvalue weighted by Crippen LogP contribution is 2.25.